The van der Waals surface area contributed by atoms with Crippen LogP contribution in [0.25, 0.3) is 0 Å². The summed E-state index contributed by atoms with van der Waals surface area (Å²) in [6, 6.07) is 4.06. The molecule has 2 fully saturated rings. The van der Waals surface area contributed by atoms with Crippen molar-refractivity contribution in [3.63, 3.8) is 0 Å². The lowest BCUT2D eigenvalue weighted by molar-refractivity contribution is 0.134. The Kier molecular flexibility index (Phi) is 6.11. The standard InChI is InChI=1S/C13H17BrO2.C5H10O2/c1-9-5-11(6-10(2)12(9)14)16-8-13(7-15)3-4-13;6-3-5(4-7)1-2-5/h5-6,15H,3-4,7-8H2,1-2H3;6-7H,1-4H2. The largest absolute Gasteiger partial charge is 0.493 e. The van der Waals surface area contributed by atoms with Gasteiger partial charge in [0.2, 0.25) is 0 Å². The van der Waals surface area contributed by atoms with Crippen molar-refractivity contribution >= 4 is 15.9 Å². The third-order valence-corrected chi connectivity index (χ3v) is 6.13. The monoisotopic (exact) mass is 386 g/mol. The highest BCUT2D eigenvalue weighted by Gasteiger charge is 2.43. The van der Waals surface area contributed by atoms with E-state index in [4.69, 9.17) is 14.9 Å². The SMILES string of the molecule is Cc1cc(OCC2(CO)CC2)cc(C)c1Br.OCC1(CO)CC1. The minimum Gasteiger partial charge on any atom is -0.493 e. The lowest BCUT2D eigenvalue weighted by Gasteiger charge is -2.15. The predicted octanol–water partition coefficient (Wildman–Crippen LogP) is 2.97. The van der Waals surface area contributed by atoms with Gasteiger partial charge in [0, 0.05) is 15.3 Å². The molecule has 0 unspecified atom stereocenters. The highest BCUT2D eigenvalue weighted by atomic mass is 79.9. The van der Waals surface area contributed by atoms with Crippen molar-refractivity contribution in [3.05, 3.63) is 27.7 Å². The summed E-state index contributed by atoms with van der Waals surface area (Å²) in [5.41, 5.74) is 2.36. The van der Waals surface area contributed by atoms with E-state index < -0.39 is 0 Å². The van der Waals surface area contributed by atoms with Gasteiger partial charge in [-0.1, -0.05) is 15.9 Å². The van der Waals surface area contributed by atoms with Crippen molar-refractivity contribution in [3.8, 4) is 5.75 Å². The molecule has 3 rings (SSSR count). The smallest absolute Gasteiger partial charge is 0.119 e. The van der Waals surface area contributed by atoms with Crippen LogP contribution in [0, 0.1) is 24.7 Å². The number of halogens is 1. The molecule has 23 heavy (non-hydrogen) atoms. The van der Waals surface area contributed by atoms with Crippen LogP contribution in [0.3, 0.4) is 0 Å². The van der Waals surface area contributed by atoms with Crippen LogP contribution in [0.15, 0.2) is 16.6 Å². The number of hydrogen-bond donors (Lipinski definition) is 3. The first-order valence-corrected chi connectivity index (χ1v) is 8.91. The topological polar surface area (TPSA) is 69.9 Å². The minimum absolute atomic E-state index is 0.0505. The van der Waals surface area contributed by atoms with Crippen LogP contribution in [-0.4, -0.2) is 41.7 Å². The summed E-state index contributed by atoms with van der Waals surface area (Å²) in [4.78, 5) is 0. The molecule has 1 aromatic carbocycles. The van der Waals surface area contributed by atoms with Gasteiger partial charge in [-0.3, -0.25) is 0 Å². The molecule has 0 aliphatic heterocycles. The zero-order valence-corrected chi connectivity index (χ0v) is 15.5. The normalized spacial score (nSPS) is 19.6. The zero-order chi connectivity index (χ0) is 17.1. The molecule has 5 heteroatoms. The number of rotatable bonds is 6. The van der Waals surface area contributed by atoms with Gasteiger partial charge >= 0.3 is 0 Å². The van der Waals surface area contributed by atoms with Crippen LogP contribution >= 0.6 is 15.9 Å². The summed E-state index contributed by atoms with van der Waals surface area (Å²) >= 11 is 3.53. The van der Waals surface area contributed by atoms with Crippen molar-refractivity contribution in [2.75, 3.05) is 26.4 Å². The average Bonchev–Trinajstić information content (AvgIpc) is 3.47. The molecule has 0 heterocycles. The van der Waals surface area contributed by atoms with Gasteiger partial charge in [-0.05, 0) is 62.8 Å². The molecule has 0 amide bonds. The molecule has 3 N–H and O–H groups in total. The second kappa shape index (κ2) is 7.51. The van der Waals surface area contributed by atoms with Crippen LogP contribution in [-0.2, 0) is 0 Å². The van der Waals surface area contributed by atoms with Crippen molar-refractivity contribution in [2.45, 2.75) is 39.5 Å². The highest BCUT2D eigenvalue weighted by molar-refractivity contribution is 9.10. The molecule has 2 aliphatic rings. The molecular weight excluding hydrogens is 360 g/mol. The van der Waals surface area contributed by atoms with Crippen LogP contribution in [0.5, 0.6) is 5.75 Å². The lowest BCUT2D eigenvalue weighted by Crippen LogP contribution is -2.17. The number of aliphatic hydroxyl groups is 3. The zero-order valence-electron chi connectivity index (χ0n) is 13.9. The quantitative estimate of drug-likeness (QED) is 0.702. The number of hydrogen-bond acceptors (Lipinski definition) is 4. The summed E-state index contributed by atoms with van der Waals surface area (Å²) in [6.45, 7) is 5.30. The van der Waals surface area contributed by atoms with E-state index in [1.54, 1.807) is 0 Å². The van der Waals surface area contributed by atoms with Crippen LogP contribution in [0.1, 0.15) is 36.8 Å². The van der Waals surface area contributed by atoms with Gasteiger partial charge < -0.3 is 20.1 Å². The maximum atomic E-state index is 9.20. The Morgan fingerprint density at radius 2 is 1.35 bits per heavy atom. The third kappa shape index (κ3) is 4.92. The summed E-state index contributed by atoms with van der Waals surface area (Å²) in [5.74, 6) is 0.901. The van der Waals surface area contributed by atoms with Crippen molar-refractivity contribution in [2.24, 2.45) is 10.8 Å². The summed E-state index contributed by atoms with van der Waals surface area (Å²) in [6.07, 6.45) is 4.16. The average molecular weight is 387 g/mol. The Morgan fingerprint density at radius 3 is 1.65 bits per heavy atom. The fraction of sp³-hybridized carbons (Fsp3) is 0.667. The van der Waals surface area contributed by atoms with Gasteiger partial charge in [0.05, 0.1) is 26.4 Å². The Bertz CT molecular complexity index is 507. The summed E-state index contributed by atoms with van der Waals surface area (Å²) in [7, 11) is 0. The second-order valence-electron chi connectivity index (χ2n) is 7.13. The first-order valence-electron chi connectivity index (χ1n) is 8.11. The van der Waals surface area contributed by atoms with Gasteiger partial charge in [-0.2, -0.15) is 0 Å². The predicted molar refractivity (Wildman–Crippen MR) is 93.7 cm³/mol. The first kappa shape index (κ1) is 18.7. The molecule has 0 aromatic heterocycles. The second-order valence-corrected chi connectivity index (χ2v) is 7.93. The van der Waals surface area contributed by atoms with E-state index in [1.165, 1.54) is 11.1 Å². The third-order valence-electron chi connectivity index (χ3n) is 4.88. The minimum atomic E-state index is -0.0556. The van der Waals surface area contributed by atoms with Crippen molar-refractivity contribution in [1.82, 2.24) is 0 Å². The molecular formula is C18H27BrO4. The Balaban J connectivity index is 0.000000229. The van der Waals surface area contributed by atoms with Gasteiger partial charge in [0.25, 0.3) is 0 Å². The molecule has 4 nitrogen and oxygen atoms in total. The highest BCUT2D eigenvalue weighted by Crippen LogP contribution is 2.45. The summed E-state index contributed by atoms with van der Waals surface area (Å²) < 4.78 is 6.90. The van der Waals surface area contributed by atoms with Gasteiger partial charge in [-0.15, -0.1) is 0 Å². The van der Waals surface area contributed by atoms with Crippen LogP contribution in [0.4, 0.5) is 0 Å². The molecule has 0 saturated heterocycles. The Labute approximate surface area is 146 Å². The molecule has 2 aliphatic carbocycles. The van der Waals surface area contributed by atoms with E-state index in [0.717, 1.165) is 35.9 Å². The molecule has 0 radical (unpaired) electrons. The first-order chi connectivity index (χ1) is 10.9. The number of aliphatic hydroxyl groups excluding tert-OH is 3. The maximum Gasteiger partial charge on any atom is 0.119 e. The Morgan fingerprint density at radius 1 is 0.913 bits per heavy atom. The number of ether oxygens (including phenoxy) is 1. The van der Waals surface area contributed by atoms with Gasteiger partial charge in [0.1, 0.15) is 5.75 Å². The molecule has 1 aromatic rings. The number of benzene rings is 1. The van der Waals surface area contributed by atoms with E-state index >= 15 is 0 Å². The molecule has 0 atom stereocenters. The van der Waals surface area contributed by atoms with Gasteiger partial charge in [-0.25, -0.2) is 0 Å². The summed E-state index contributed by atoms with van der Waals surface area (Å²) in [5, 5.41) is 26.2. The fourth-order valence-corrected chi connectivity index (χ4v) is 2.52. The maximum absolute atomic E-state index is 9.20. The Hall–Kier alpha value is -0.620. The van der Waals surface area contributed by atoms with E-state index in [1.807, 2.05) is 12.1 Å². The van der Waals surface area contributed by atoms with Crippen molar-refractivity contribution < 1.29 is 20.1 Å². The van der Waals surface area contributed by atoms with E-state index in [0.29, 0.717) is 6.61 Å². The van der Waals surface area contributed by atoms with E-state index in [9.17, 15) is 5.11 Å². The lowest BCUT2D eigenvalue weighted by atomic mass is 10.1. The molecule has 130 valence electrons. The molecule has 0 spiro atoms. The van der Waals surface area contributed by atoms with E-state index in [2.05, 4.69) is 29.8 Å². The van der Waals surface area contributed by atoms with E-state index in [-0.39, 0.29) is 30.7 Å². The fourth-order valence-electron chi connectivity index (χ4n) is 2.29. The van der Waals surface area contributed by atoms with Crippen molar-refractivity contribution in [1.29, 1.82) is 0 Å². The molecule has 2 saturated carbocycles. The molecule has 0 bridgehead atoms. The van der Waals surface area contributed by atoms with Gasteiger partial charge in [0.15, 0.2) is 0 Å². The van der Waals surface area contributed by atoms with Crippen LogP contribution < -0.4 is 4.74 Å². The number of aryl methyl sites for hydroxylation is 2. The van der Waals surface area contributed by atoms with Crippen LogP contribution in [0.2, 0.25) is 0 Å².